The molecule has 2 fully saturated rings. The van der Waals surface area contributed by atoms with Crippen LogP contribution in [0.25, 0.3) is 0 Å². The molecule has 0 spiro atoms. The normalized spacial score (nSPS) is 21.0. The molecule has 2 heterocycles. The molecule has 1 aromatic heterocycles. The van der Waals surface area contributed by atoms with Gasteiger partial charge in [-0.05, 0) is 19.9 Å². The molecule has 0 bridgehead atoms. The van der Waals surface area contributed by atoms with Crippen molar-refractivity contribution >= 4 is 17.6 Å². The van der Waals surface area contributed by atoms with E-state index in [1.807, 2.05) is 0 Å². The first kappa shape index (κ1) is 14.4. The van der Waals surface area contributed by atoms with Crippen molar-refractivity contribution in [2.45, 2.75) is 31.7 Å². The lowest BCUT2D eigenvalue weighted by Crippen LogP contribution is -2.45. The van der Waals surface area contributed by atoms with Crippen LogP contribution in [0.1, 0.15) is 25.7 Å². The van der Waals surface area contributed by atoms with Gasteiger partial charge in [0.1, 0.15) is 11.6 Å². The Morgan fingerprint density at radius 3 is 2.48 bits per heavy atom. The van der Waals surface area contributed by atoms with Crippen LogP contribution in [-0.4, -0.2) is 61.2 Å². The van der Waals surface area contributed by atoms with E-state index in [2.05, 4.69) is 44.8 Å². The predicted octanol–water partition coefficient (Wildman–Crippen LogP) is 1.19. The van der Waals surface area contributed by atoms with Gasteiger partial charge in [0, 0.05) is 45.3 Å². The zero-order chi connectivity index (χ0) is 14.8. The highest BCUT2D eigenvalue weighted by atomic mass is 15.3. The van der Waals surface area contributed by atoms with E-state index in [4.69, 9.17) is 5.73 Å². The van der Waals surface area contributed by atoms with Crippen molar-refractivity contribution in [1.29, 1.82) is 0 Å². The fraction of sp³-hybridized carbons (Fsp3) is 0.733. The highest BCUT2D eigenvalue weighted by Gasteiger charge is 2.23. The zero-order valence-electron chi connectivity index (χ0n) is 13.1. The number of rotatable bonds is 3. The van der Waals surface area contributed by atoms with Crippen LogP contribution in [0.15, 0.2) is 6.07 Å². The van der Waals surface area contributed by atoms with E-state index >= 15 is 0 Å². The number of likely N-dealkylation sites (N-methyl/N-ethyl adjacent to an activating group) is 1. The van der Waals surface area contributed by atoms with Crippen LogP contribution in [0.2, 0.25) is 0 Å². The fourth-order valence-corrected chi connectivity index (χ4v) is 3.30. The maximum atomic E-state index is 5.94. The van der Waals surface area contributed by atoms with Crippen LogP contribution in [0.5, 0.6) is 0 Å². The number of piperazine rings is 1. The molecule has 2 N–H and O–H groups in total. The molecule has 0 radical (unpaired) electrons. The van der Waals surface area contributed by atoms with Crippen molar-refractivity contribution in [3.8, 4) is 0 Å². The van der Waals surface area contributed by atoms with Crippen molar-refractivity contribution in [3.05, 3.63) is 6.07 Å². The average molecular weight is 290 g/mol. The molecule has 21 heavy (non-hydrogen) atoms. The van der Waals surface area contributed by atoms with Gasteiger partial charge in [-0.3, -0.25) is 0 Å². The third kappa shape index (κ3) is 3.20. The van der Waals surface area contributed by atoms with Gasteiger partial charge in [-0.1, -0.05) is 12.8 Å². The molecule has 0 unspecified atom stereocenters. The van der Waals surface area contributed by atoms with E-state index in [0.29, 0.717) is 12.0 Å². The smallest absolute Gasteiger partial charge is 0.223 e. The standard InChI is InChI=1S/C15H26N6/c1-19-7-9-21(10-8-19)14-11-13(17-15(16)18-14)20(2)12-5-3-4-6-12/h11-12H,3-10H2,1-2H3,(H2,16,17,18). The Morgan fingerprint density at radius 2 is 1.81 bits per heavy atom. The van der Waals surface area contributed by atoms with Gasteiger partial charge < -0.3 is 20.4 Å². The first-order chi connectivity index (χ1) is 10.1. The second kappa shape index (κ2) is 6.05. The summed E-state index contributed by atoms with van der Waals surface area (Å²) in [5, 5.41) is 0. The maximum absolute atomic E-state index is 5.94. The molecule has 6 heteroatoms. The van der Waals surface area contributed by atoms with Crippen LogP contribution in [0.4, 0.5) is 17.6 Å². The summed E-state index contributed by atoms with van der Waals surface area (Å²) in [5.74, 6) is 2.31. The quantitative estimate of drug-likeness (QED) is 0.902. The van der Waals surface area contributed by atoms with Crippen molar-refractivity contribution in [3.63, 3.8) is 0 Å². The molecule has 1 saturated carbocycles. The number of aromatic nitrogens is 2. The van der Waals surface area contributed by atoms with Crippen molar-refractivity contribution in [1.82, 2.24) is 14.9 Å². The Labute approximate surface area is 126 Å². The van der Waals surface area contributed by atoms with Crippen LogP contribution in [-0.2, 0) is 0 Å². The summed E-state index contributed by atoms with van der Waals surface area (Å²) in [5.41, 5.74) is 5.94. The van der Waals surface area contributed by atoms with Crippen molar-refractivity contribution in [2.75, 3.05) is 55.8 Å². The lowest BCUT2D eigenvalue weighted by molar-refractivity contribution is 0.312. The average Bonchev–Trinajstić information content (AvgIpc) is 3.00. The minimum absolute atomic E-state index is 0.381. The van der Waals surface area contributed by atoms with Gasteiger partial charge >= 0.3 is 0 Å². The van der Waals surface area contributed by atoms with E-state index in [9.17, 15) is 0 Å². The number of hydrogen-bond donors (Lipinski definition) is 1. The summed E-state index contributed by atoms with van der Waals surface area (Å²) in [7, 11) is 4.29. The molecule has 116 valence electrons. The zero-order valence-corrected chi connectivity index (χ0v) is 13.1. The Kier molecular flexibility index (Phi) is 4.14. The molecule has 0 atom stereocenters. The second-order valence-corrected chi connectivity index (χ2v) is 6.28. The minimum Gasteiger partial charge on any atom is -0.368 e. The van der Waals surface area contributed by atoms with Gasteiger partial charge in [-0.2, -0.15) is 9.97 Å². The number of anilines is 3. The highest BCUT2D eigenvalue weighted by molar-refractivity contribution is 5.54. The molecular weight excluding hydrogens is 264 g/mol. The number of hydrogen-bond acceptors (Lipinski definition) is 6. The molecule has 0 amide bonds. The summed E-state index contributed by atoms with van der Waals surface area (Å²) >= 11 is 0. The first-order valence-electron chi connectivity index (χ1n) is 7.94. The molecule has 3 rings (SSSR count). The van der Waals surface area contributed by atoms with Gasteiger partial charge in [0.15, 0.2) is 0 Å². The van der Waals surface area contributed by atoms with Gasteiger partial charge in [-0.15, -0.1) is 0 Å². The molecule has 6 nitrogen and oxygen atoms in total. The molecule has 1 aromatic rings. The van der Waals surface area contributed by atoms with E-state index in [0.717, 1.165) is 37.8 Å². The summed E-state index contributed by atoms with van der Waals surface area (Å²) in [6.45, 7) is 4.13. The Bertz CT molecular complexity index is 477. The summed E-state index contributed by atoms with van der Waals surface area (Å²) < 4.78 is 0. The maximum Gasteiger partial charge on any atom is 0.223 e. The largest absolute Gasteiger partial charge is 0.368 e. The second-order valence-electron chi connectivity index (χ2n) is 6.28. The summed E-state index contributed by atoms with van der Waals surface area (Å²) in [6, 6.07) is 2.69. The SMILES string of the molecule is CN1CCN(c2cc(N(C)C3CCCC3)nc(N)n2)CC1. The summed E-state index contributed by atoms with van der Waals surface area (Å²) in [4.78, 5) is 15.8. The van der Waals surface area contributed by atoms with E-state index in [1.54, 1.807) is 0 Å². The van der Waals surface area contributed by atoms with Crippen LogP contribution in [0.3, 0.4) is 0 Å². The van der Waals surface area contributed by atoms with Gasteiger partial charge in [0.05, 0.1) is 0 Å². The van der Waals surface area contributed by atoms with Gasteiger partial charge in [0.2, 0.25) is 5.95 Å². The molecule has 1 saturated heterocycles. The van der Waals surface area contributed by atoms with Crippen LogP contribution >= 0.6 is 0 Å². The van der Waals surface area contributed by atoms with Crippen LogP contribution < -0.4 is 15.5 Å². The minimum atomic E-state index is 0.381. The topological polar surface area (TPSA) is 61.5 Å². The summed E-state index contributed by atoms with van der Waals surface area (Å²) in [6.07, 6.45) is 5.15. The molecule has 1 aliphatic carbocycles. The van der Waals surface area contributed by atoms with Gasteiger partial charge in [-0.25, -0.2) is 0 Å². The number of nitrogens with two attached hydrogens (primary N) is 1. The predicted molar refractivity (Wildman–Crippen MR) is 86.8 cm³/mol. The highest BCUT2D eigenvalue weighted by Crippen LogP contribution is 2.28. The third-order valence-electron chi connectivity index (χ3n) is 4.78. The molecule has 2 aliphatic rings. The molecule has 1 aliphatic heterocycles. The van der Waals surface area contributed by atoms with Crippen molar-refractivity contribution < 1.29 is 0 Å². The van der Waals surface area contributed by atoms with Gasteiger partial charge in [0.25, 0.3) is 0 Å². The lowest BCUT2D eigenvalue weighted by Gasteiger charge is -2.34. The first-order valence-corrected chi connectivity index (χ1v) is 7.94. The van der Waals surface area contributed by atoms with E-state index < -0.39 is 0 Å². The van der Waals surface area contributed by atoms with Crippen LogP contribution in [0, 0.1) is 0 Å². The lowest BCUT2D eigenvalue weighted by atomic mass is 10.2. The number of nitrogens with zero attached hydrogens (tertiary/aromatic N) is 5. The van der Waals surface area contributed by atoms with E-state index in [-0.39, 0.29) is 0 Å². The Balaban J connectivity index is 1.79. The molecular formula is C15H26N6. The monoisotopic (exact) mass is 290 g/mol. The number of nitrogen functional groups attached to an aromatic ring is 1. The van der Waals surface area contributed by atoms with Crippen molar-refractivity contribution in [2.24, 2.45) is 0 Å². The third-order valence-corrected chi connectivity index (χ3v) is 4.78. The fourth-order valence-electron chi connectivity index (χ4n) is 3.30. The van der Waals surface area contributed by atoms with E-state index in [1.165, 1.54) is 25.7 Å². The Hall–Kier alpha value is -1.56. The molecule has 0 aromatic carbocycles. The Morgan fingerprint density at radius 1 is 1.14 bits per heavy atom.